The van der Waals surface area contributed by atoms with E-state index in [1.165, 1.54) is 0 Å². The van der Waals surface area contributed by atoms with Crippen LogP contribution < -0.4 is 5.32 Å². The second-order valence-corrected chi connectivity index (χ2v) is 6.06. The van der Waals surface area contributed by atoms with Crippen LogP contribution in [0.25, 0.3) is 0 Å². The molecule has 1 atom stereocenters. The zero-order chi connectivity index (χ0) is 16.2. The van der Waals surface area contributed by atoms with Gasteiger partial charge in [0.2, 0.25) is 0 Å². The van der Waals surface area contributed by atoms with Crippen molar-refractivity contribution in [1.29, 1.82) is 0 Å². The smallest absolute Gasteiger partial charge is 0.271 e. The van der Waals surface area contributed by atoms with Crippen molar-refractivity contribution in [2.75, 3.05) is 13.2 Å². The molecule has 7 heteroatoms. The summed E-state index contributed by atoms with van der Waals surface area (Å²) in [5, 5.41) is 14.3. The molecule has 0 radical (unpaired) electrons. The Labute approximate surface area is 135 Å². The molecule has 1 amide bonds. The predicted octanol–water partition coefficient (Wildman–Crippen LogP) is 1.57. The first kappa shape index (κ1) is 15.7. The van der Waals surface area contributed by atoms with Crippen molar-refractivity contribution in [1.82, 2.24) is 25.3 Å². The molecule has 3 heterocycles. The van der Waals surface area contributed by atoms with Crippen molar-refractivity contribution in [3.63, 3.8) is 0 Å². The molecule has 1 fully saturated rings. The van der Waals surface area contributed by atoms with E-state index >= 15 is 0 Å². The molecule has 0 aliphatic carbocycles. The van der Waals surface area contributed by atoms with Crippen LogP contribution in [-0.2, 0) is 11.3 Å². The molecule has 0 unspecified atom stereocenters. The minimum atomic E-state index is -0.171. The largest absolute Gasteiger partial charge is 0.376 e. The van der Waals surface area contributed by atoms with Gasteiger partial charge in [0, 0.05) is 18.8 Å². The zero-order valence-corrected chi connectivity index (χ0v) is 13.6. The predicted molar refractivity (Wildman–Crippen MR) is 85.3 cm³/mol. The van der Waals surface area contributed by atoms with Gasteiger partial charge in [-0.2, -0.15) is 10.2 Å². The van der Waals surface area contributed by atoms with Gasteiger partial charge in [0.1, 0.15) is 5.69 Å². The Morgan fingerprint density at radius 3 is 3.00 bits per heavy atom. The summed E-state index contributed by atoms with van der Waals surface area (Å²) < 4.78 is 7.50. The Kier molecular flexibility index (Phi) is 4.76. The number of hydrogen-bond acceptors (Lipinski definition) is 4. The zero-order valence-electron chi connectivity index (χ0n) is 13.6. The highest BCUT2D eigenvalue weighted by Gasteiger charge is 2.17. The van der Waals surface area contributed by atoms with Crippen LogP contribution in [0.5, 0.6) is 0 Å². The van der Waals surface area contributed by atoms with Crippen molar-refractivity contribution >= 4 is 5.91 Å². The third kappa shape index (κ3) is 3.98. The number of ether oxygens (including phenoxy) is 1. The van der Waals surface area contributed by atoms with Gasteiger partial charge >= 0.3 is 0 Å². The normalized spacial score (nSPS) is 18.1. The van der Waals surface area contributed by atoms with Gasteiger partial charge in [0.15, 0.2) is 0 Å². The summed E-state index contributed by atoms with van der Waals surface area (Å²) in [6, 6.07) is 3.79. The number of carbonyl (C=O) groups excluding carboxylic acids is 1. The maximum Gasteiger partial charge on any atom is 0.271 e. The van der Waals surface area contributed by atoms with Crippen LogP contribution in [0.2, 0.25) is 0 Å². The number of carbonyl (C=O) groups is 1. The SMILES string of the molecule is Cc1cc(C)n(Cc2cc(C(=O)NC[C@@H]3CCCCO3)n[nH]2)n1. The number of nitrogens with zero attached hydrogens (tertiary/aromatic N) is 3. The number of aromatic amines is 1. The number of rotatable bonds is 5. The minimum absolute atomic E-state index is 0.126. The molecule has 7 nitrogen and oxygen atoms in total. The minimum Gasteiger partial charge on any atom is -0.376 e. The first-order valence-electron chi connectivity index (χ1n) is 8.07. The summed E-state index contributed by atoms with van der Waals surface area (Å²) in [6.45, 7) is 5.87. The fraction of sp³-hybridized carbons (Fsp3) is 0.562. The van der Waals surface area contributed by atoms with E-state index in [2.05, 4.69) is 20.6 Å². The Bertz CT molecular complexity index is 670. The second-order valence-electron chi connectivity index (χ2n) is 6.06. The van der Waals surface area contributed by atoms with Crippen LogP contribution in [0.3, 0.4) is 0 Å². The summed E-state index contributed by atoms with van der Waals surface area (Å²) in [5.74, 6) is -0.171. The van der Waals surface area contributed by atoms with Crippen LogP contribution in [0.4, 0.5) is 0 Å². The maximum atomic E-state index is 12.2. The quantitative estimate of drug-likeness (QED) is 0.876. The van der Waals surface area contributed by atoms with E-state index < -0.39 is 0 Å². The number of amides is 1. The molecule has 2 N–H and O–H groups in total. The van der Waals surface area contributed by atoms with Gasteiger partial charge in [-0.1, -0.05) is 0 Å². The van der Waals surface area contributed by atoms with Gasteiger partial charge in [0.25, 0.3) is 5.91 Å². The maximum absolute atomic E-state index is 12.2. The lowest BCUT2D eigenvalue weighted by Gasteiger charge is -2.22. The molecule has 0 bridgehead atoms. The summed E-state index contributed by atoms with van der Waals surface area (Å²) in [4.78, 5) is 12.2. The van der Waals surface area contributed by atoms with E-state index in [0.29, 0.717) is 18.8 Å². The van der Waals surface area contributed by atoms with Crippen molar-refractivity contribution < 1.29 is 9.53 Å². The van der Waals surface area contributed by atoms with Gasteiger partial charge in [-0.25, -0.2) is 0 Å². The number of H-pyrrole nitrogens is 1. The fourth-order valence-electron chi connectivity index (χ4n) is 2.82. The highest BCUT2D eigenvalue weighted by atomic mass is 16.5. The molecule has 1 aliphatic rings. The fourth-order valence-corrected chi connectivity index (χ4v) is 2.82. The Morgan fingerprint density at radius 1 is 1.43 bits per heavy atom. The van der Waals surface area contributed by atoms with Crippen LogP contribution in [0.15, 0.2) is 12.1 Å². The van der Waals surface area contributed by atoms with Crippen LogP contribution in [0.1, 0.15) is 46.8 Å². The molecule has 0 spiro atoms. The summed E-state index contributed by atoms with van der Waals surface area (Å²) in [7, 11) is 0. The van der Waals surface area contributed by atoms with E-state index in [4.69, 9.17) is 4.74 Å². The second kappa shape index (κ2) is 6.95. The average Bonchev–Trinajstić information content (AvgIpc) is 3.13. The van der Waals surface area contributed by atoms with E-state index in [-0.39, 0.29) is 12.0 Å². The first-order valence-corrected chi connectivity index (χ1v) is 8.07. The third-order valence-electron chi connectivity index (χ3n) is 4.05. The van der Waals surface area contributed by atoms with Gasteiger partial charge in [-0.3, -0.25) is 14.6 Å². The molecule has 1 aliphatic heterocycles. The van der Waals surface area contributed by atoms with E-state index in [0.717, 1.165) is 43.0 Å². The van der Waals surface area contributed by atoms with Gasteiger partial charge in [-0.15, -0.1) is 0 Å². The number of aromatic nitrogens is 4. The summed E-state index contributed by atoms with van der Waals surface area (Å²) >= 11 is 0. The molecule has 2 aromatic rings. The lowest BCUT2D eigenvalue weighted by atomic mass is 10.1. The Hall–Kier alpha value is -2.15. The number of hydrogen-bond donors (Lipinski definition) is 2. The lowest BCUT2D eigenvalue weighted by molar-refractivity contribution is 0.0168. The molecular weight excluding hydrogens is 294 g/mol. The Balaban J connectivity index is 1.55. The lowest BCUT2D eigenvalue weighted by Crippen LogP contribution is -2.35. The van der Waals surface area contributed by atoms with Gasteiger partial charge in [-0.05, 0) is 45.2 Å². The Morgan fingerprint density at radius 2 is 2.30 bits per heavy atom. The molecule has 2 aromatic heterocycles. The monoisotopic (exact) mass is 317 g/mol. The van der Waals surface area contributed by atoms with Crippen LogP contribution in [0, 0.1) is 13.8 Å². The van der Waals surface area contributed by atoms with Crippen molar-refractivity contribution in [2.24, 2.45) is 0 Å². The highest BCUT2D eigenvalue weighted by molar-refractivity contribution is 5.92. The standard InChI is InChI=1S/C16H23N5O2/c1-11-7-12(2)21(20-11)10-13-8-15(19-18-13)16(22)17-9-14-5-3-4-6-23-14/h7-8,14H,3-6,9-10H2,1-2H3,(H,17,22)(H,18,19)/t14-/m0/s1. The van der Waals surface area contributed by atoms with E-state index in [1.54, 1.807) is 6.07 Å². The summed E-state index contributed by atoms with van der Waals surface area (Å²) in [5.41, 5.74) is 3.32. The van der Waals surface area contributed by atoms with Gasteiger partial charge in [0.05, 0.1) is 24.0 Å². The van der Waals surface area contributed by atoms with Crippen molar-refractivity contribution in [3.05, 3.63) is 34.9 Å². The van der Waals surface area contributed by atoms with Crippen LogP contribution in [-0.4, -0.2) is 45.1 Å². The number of aryl methyl sites for hydroxylation is 2. The molecule has 1 saturated heterocycles. The summed E-state index contributed by atoms with van der Waals surface area (Å²) in [6.07, 6.45) is 3.40. The molecule has 0 aromatic carbocycles. The topological polar surface area (TPSA) is 84.8 Å². The number of nitrogens with one attached hydrogen (secondary N) is 2. The van der Waals surface area contributed by atoms with Crippen molar-refractivity contribution in [3.8, 4) is 0 Å². The molecule has 23 heavy (non-hydrogen) atoms. The highest BCUT2D eigenvalue weighted by Crippen LogP contribution is 2.12. The van der Waals surface area contributed by atoms with Crippen molar-refractivity contribution in [2.45, 2.75) is 45.8 Å². The molecule has 3 rings (SSSR count). The molecule has 0 saturated carbocycles. The van der Waals surface area contributed by atoms with Gasteiger partial charge < -0.3 is 10.1 Å². The molecule has 124 valence electrons. The molecular formula is C16H23N5O2. The first-order chi connectivity index (χ1) is 11.1. The van der Waals surface area contributed by atoms with E-state index in [9.17, 15) is 4.79 Å². The third-order valence-corrected chi connectivity index (χ3v) is 4.05. The van der Waals surface area contributed by atoms with E-state index in [1.807, 2.05) is 24.6 Å². The average molecular weight is 317 g/mol. The van der Waals surface area contributed by atoms with Crippen LogP contribution >= 0.6 is 0 Å².